The molecule has 0 saturated carbocycles. The average molecular weight is 446 g/mol. The highest BCUT2D eigenvalue weighted by atomic mass is 32.2. The summed E-state index contributed by atoms with van der Waals surface area (Å²) in [4.78, 5) is 22.2. The molecule has 0 spiro atoms. The summed E-state index contributed by atoms with van der Waals surface area (Å²) in [6, 6.07) is 14.2. The van der Waals surface area contributed by atoms with Gasteiger partial charge in [0.25, 0.3) is 5.91 Å². The molecule has 2 aromatic carbocycles. The third kappa shape index (κ3) is 4.71. The number of hydrogen-bond donors (Lipinski definition) is 0. The summed E-state index contributed by atoms with van der Waals surface area (Å²) in [6.45, 7) is 8.60. The van der Waals surface area contributed by atoms with Crippen LogP contribution in [0.2, 0.25) is 0 Å². The van der Waals surface area contributed by atoms with Gasteiger partial charge in [0.1, 0.15) is 0 Å². The number of hydrogen-bond acceptors (Lipinski definition) is 6. The molecule has 6 nitrogen and oxygen atoms in total. The maximum Gasteiger partial charge on any atom is 0.261 e. The minimum absolute atomic E-state index is 0.0577. The molecule has 0 radical (unpaired) electrons. The first kappa shape index (κ1) is 22.4. The Balaban J connectivity index is 2.05. The third-order valence-corrected chi connectivity index (χ3v) is 7.97. The molecule has 160 valence electrons. The smallest absolute Gasteiger partial charge is 0.261 e. The van der Waals surface area contributed by atoms with E-state index in [1.807, 2.05) is 24.3 Å². The molecule has 8 heteroatoms. The van der Waals surface area contributed by atoms with Crippen molar-refractivity contribution in [2.75, 3.05) is 36.8 Å². The van der Waals surface area contributed by atoms with Gasteiger partial charge in [0.05, 0.1) is 26.4 Å². The molecular weight excluding hydrogens is 418 g/mol. The maximum absolute atomic E-state index is 13.6. The van der Waals surface area contributed by atoms with E-state index in [0.717, 1.165) is 23.3 Å². The van der Waals surface area contributed by atoms with Gasteiger partial charge < -0.3 is 4.90 Å². The van der Waals surface area contributed by atoms with Crippen LogP contribution in [-0.4, -0.2) is 56.1 Å². The van der Waals surface area contributed by atoms with Crippen molar-refractivity contribution in [3.05, 3.63) is 54.1 Å². The molecule has 0 unspecified atom stereocenters. The third-order valence-electron chi connectivity index (χ3n) is 5.13. The maximum atomic E-state index is 13.6. The number of aromatic nitrogens is 1. The first-order valence-corrected chi connectivity index (χ1v) is 12.6. The number of likely N-dealkylation sites (N-methyl/N-ethyl adjacent to an activating group) is 1. The van der Waals surface area contributed by atoms with Gasteiger partial charge in [-0.3, -0.25) is 9.69 Å². The number of rotatable bonds is 9. The molecule has 0 saturated heterocycles. The van der Waals surface area contributed by atoms with Gasteiger partial charge in [0.15, 0.2) is 15.0 Å². The lowest BCUT2D eigenvalue weighted by atomic mass is 10.2. The zero-order chi connectivity index (χ0) is 21.7. The second kappa shape index (κ2) is 9.68. The summed E-state index contributed by atoms with van der Waals surface area (Å²) < 4.78 is 26.2. The Hall–Kier alpha value is -2.29. The van der Waals surface area contributed by atoms with Crippen LogP contribution in [0.3, 0.4) is 0 Å². The van der Waals surface area contributed by atoms with E-state index in [9.17, 15) is 13.2 Å². The Bertz CT molecular complexity index is 1090. The van der Waals surface area contributed by atoms with Crippen LogP contribution < -0.4 is 4.90 Å². The fourth-order valence-corrected chi connectivity index (χ4v) is 5.33. The van der Waals surface area contributed by atoms with E-state index < -0.39 is 9.84 Å². The lowest BCUT2D eigenvalue weighted by Gasteiger charge is -2.25. The summed E-state index contributed by atoms with van der Waals surface area (Å²) in [5.74, 6) is -0.397. The molecule has 3 aromatic rings. The Morgan fingerprint density at radius 2 is 1.63 bits per heavy atom. The molecule has 0 atom stereocenters. The number of thiazole rings is 1. The molecule has 1 aromatic heterocycles. The van der Waals surface area contributed by atoms with Gasteiger partial charge in [-0.1, -0.05) is 56.4 Å². The first-order chi connectivity index (χ1) is 14.4. The number of sulfone groups is 1. The highest BCUT2D eigenvalue weighted by Crippen LogP contribution is 2.30. The van der Waals surface area contributed by atoms with Crippen LogP contribution >= 0.6 is 11.3 Å². The van der Waals surface area contributed by atoms with E-state index in [4.69, 9.17) is 0 Å². The van der Waals surface area contributed by atoms with Gasteiger partial charge in [0, 0.05) is 13.1 Å². The minimum atomic E-state index is -3.53. The molecule has 3 rings (SSSR count). The van der Waals surface area contributed by atoms with Gasteiger partial charge in [-0.15, -0.1) is 0 Å². The van der Waals surface area contributed by atoms with Crippen LogP contribution in [0, 0.1) is 0 Å². The molecule has 30 heavy (non-hydrogen) atoms. The first-order valence-electron chi connectivity index (χ1n) is 10.1. The summed E-state index contributed by atoms with van der Waals surface area (Å²) in [5.41, 5.74) is 1.02. The second-order valence-corrected chi connectivity index (χ2v) is 10.1. The number of para-hydroxylation sites is 1. The standard InChI is InChI=1S/C22H27N3O3S2/c1-4-24(5-2)15-16-25(22-23-18-12-8-9-13-19(18)29-22)21(26)17-11-7-10-14-20(17)30(27,28)6-3/h7-14H,4-6,15-16H2,1-3H3. The van der Waals surface area contributed by atoms with Crippen molar-refractivity contribution in [1.29, 1.82) is 0 Å². The largest absolute Gasteiger partial charge is 0.302 e. The average Bonchev–Trinajstić information content (AvgIpc) is 3.20. The quantitative estimate of drug-likeness (QED) is 0.496. The van der Waals surface area contributed by atoms with Crippen LogP contribution in [0.1, 0.15) is 31.1 Å². The molecule has 0 aliphatic carbocycles. The van der Waals surface area contributed by atoms with Gasteiger partial charge in [-0.2, -0.15) is 0 Å². The van der Waals surface area contributed by atoms with E-state index in [-0.39, 0.29) is 22.1 Å². The van der Waals surface area contributed by atoms with Crippen molar-refractivity contribution in [2.24, 2.45) is 0 Å². The summed E-state index contributed by atoms with van der Waals surface area (Å²) in [7, 11) is -3.53. The van der Waals surface area contributed by atoms with Gasteiger partial charge in [-0.05, 0) is 37.4 Å². The summed E-state index contributed by atoms with van der Waals surface area (Å²) in [5, 5.41) is 0.581. The van der Waals surface area contributed by atoms with Crippen LogP contribution in [0.5, 0.6) is 0 Å². The Labute approximate surface area is 182 Å². The van der Waals surface area contributed by atoms with E-state index in [1.165, 1.54) is 17.4 Å². The minimum Gasteiger partial charge on any atom is -0.302 e. The number of fused-ring (bicyclic) bond motifs is 1. The van der Waals surface area contributed by atoms with E-state index >= 15 is 0 Å². The summed E-state index contributed by atoms with van der Waals surface area (Å²) in [6.07, 6.45) is 0. The molecule has 0 N–H and O–H groups in total. The van der Waals surface area contributed by atoms with E-state index in [2.05, 4.69) is 23.7 Å². The molecule has 1 amide bonds. The van der Waals surface area contributed by atoms with Crippen molar-refractivity contribution in [3.63, 3.8) is 0 Å². The molecule has 0 bridgehead atoms. The monoisotopic (exact) mass is 445 g/mol. The van der Waals surface area contributed by atoms with Crippen LogP contribution in [-0.2, 0) is 9.84 Å². The highest BCUT2D eigenvalue weighted by Gasteiger charge is 2.27. The van der Waals surface area contributed by atoms with Crippen molar-refractivity contribution in [1.82, 2.24) is 9.88 Å². The number of benzene rings is 2. The summed E-state index contributed by atoms with van der Waals surface area (Å²) >= 11 is 1.44. The zero-order valence-electron chi connectivity index (χ0n) is 17.5. The number of carbonyl (C=O) groups is 1. The van der Waals surface area contributed by atoms with Crippen molar-refractivity contribution in [3.8, 4) is 0 Å². The topological polar surface area (TPSA) is 70.6 Å². The van der Waals surface area contributed by atoms with E-state index in [0.29, 0.717) is 18.2 Å². The van der Waals surface area contributed by atoms with E-state index in [1.54, 1.807) is 30.0 Å². The Morgan fingerprint density at radius 1 is 0.967 bits per heavy atom. The zero-order valence-corrected chi connectivity index (χ0v) is 19.2. The van der Waals surface area contributed by atoms with Gasteiger partial charge >= 0.3 is 0 Å². The Morgan fingerprint density at radius 3 is 2.30 bits per heavy atom. The predicted molar refractivity (Wildman–Crippen MR) is 123 cm³/mol. The van der Waals surface area contributed by atoms with Crippen LogP contribution in [0.4, 0.5) is 5.13 Å². The van der Waals surface area contributed by atoms with Crippen molar-refractivity contribution in [2.45, 2.75) is 25.7 Å². The number of amides is 1. The van der Waals surface area contributed by atoms with Crippen molar-refractivity contribution >= 4 is 42.4 Å². The highest BCUT2D eigenvalue weighted by molar-refractivity contribution is 7.91. The van der Waals surface area contributed by atoms with Gasteiger partial charge in [-0.25, -0.2) is 13.4 Å². The molecular formula is C22H27N3O3S2. The SMILES string of the molecule is CCN(CC)CCN(C(=O)c1ccccc1S(=O)(=O)CC)c1nc2ccccc2s1. The molecule has 0 fully saturated rings. The Kier molecular flexibility index (Phi) is 7.23. The molecule has 0 aliphatic rings. The predicted octanol–water partition coefficient (Wildman–Crippen LogP) is 4.08. The second-order valence-electron chi connectivity index (χ2n) is 6.85. The normalized spacial score (nSPS) is 11.9. The lowest BCUT2D eigenvalue weighted by molar-refractivity contribution is 0.0980. The number of anilines is 1. The van der Waals surface area contributed by atoms with Crippen LogP contribution in [0.15, 0.2) is 53.4 Å². The molecule has 0 aliphatic heterocycles. The van der Waals surface area contributed by atoms with Crippen LogP contribution in [0.25, 0.3) is 10.2 Å². The van der Waals surface area contributed by atoms with Crippen molar-refractivity contribution < 1.29 is 13.2 Å². The number of carbonyl (C=O) groups excluding carboxylic acids is 1. The number of nitrogens with zero attached hydrogens (tertiary/aromatic N) is 3. The van der Waals surface area contributed by atoms with Gasteiger partial charge in [0.2, 0.25) is 0 Å². The fraction of sp³-hybridized carbons (Fsp3) is 0.364. The fourth-order valence-electron chi connectivity index (χ4n) is 3.26. The lowest BCUT2D eigenvalue weighted by Crippen LogP contribution is -2.39. The molecule has 1 heterocycles.